The van der Waals surface area contributed by atoms with Gasteiger partial charge >= 0.3 is 0 Å². The highest BCUT2D eigenvalue weighted by atomic mass is 35.5. The summed E-state index contributed by atoms with van der Waals surface area (Å²) in [6.07, 6.45) is 2.08. The lowest BCUT2D eigenvalue weighted by atomic mass is 10.1. The zero-order chi connectivity index (χ0) is 18.1. The molecule has 0 unspecified atom stereocenters. The number of hydrogen-bond acceptors (Lipinski definition) is 4. The van der Waals surface area contributed by atoms with E-state index in [-0.39, 0.29) is 21.8 Å². The van der Waals surface area contributed by atoms with E-state index in [0.717, 1.165) is 51.6 Å². The quantitative estimate of drug-likeness (QED) is 0.774. The molecular weight excluding hydrogens is 365 g/mol. The number of benzene rings is 1. The van der Waals surface area contributed by atoms with Crippen molar-refractivity contribution in [3.05, 3.63) is 34.6 Å². The number of sulfonamides is 1. The predicted molar refractivity (Wildman–Crippen MR) is 97.6 cm³/mol. The highest BCUT2D eigenvalue weighted by Crippen LogP contribution is 2.46. The Morgan fingerprint density at radius 2 is 1.92 bits per heavy atom. The molecule has 8 heteroatoms. The fraction of sp³-hybridized carbons (Fsp3) is 0.647. The normalized spacial score (nSPS) is 21.4. The number of rotatable bonds is 7. The average Bonchev–Trinajstić information content (AvgIpc) is 3.31. The summed E-state index contributed by atoms with van der Waals surface area (Å²) in [5.41, 5.74) is 0.183. The van der Waals surface area contributed by atoms with Gasteiger partial charge in [0.1, 0.15) is 5.82 Å². The Morgan fingerprint density at radius 3 is 2.52 bits per heavy atom. The second-order valence-corrected chi connectivity index (χ2v) is 9.64. The van der Waals surface area contributed by atoms with Crippen molar-refractivity contribution < 1.29 is 12.8 Å². The van der Waals surface area contributed by atoms with Gasteiger partial charge in [0.15, 0.2) is 0 Å². The lowest BCUT2D eigenvalue weighted by Gasteiger charge is -2.34. The van der Waals surface area contributed by atoms with Gasteiger partial charge in [-0.15, -0.1) is 0 Å². The third-order valence-corrected chi connectivity index (χ3v) is 6.65. The molecule has 25 heavy (non-hydrogen) atoms. The van der Waals surface area contributed by atoms with Crippen molar-refractivity contribution in [3.63, 3.8) is 0 Å². The molecule has 0 spiro atoms. The molecule has 0 atom stereocenters. The van der Waals surface area contributed by atoms with Crippen LogP contribution in [-0.4, -0.2) is 64.5 Å². The average molecular weight is 390 g/mol. The SMILES string of the molecule is CN1CCN(CC2(CNS(=O)(=O)Cc3ccc(Cl)cc3F)CC2)CC1. The van der Waals surface area contributed by atoms with Crippen molar-refractivity contribution >= 4 is 21.6 Å². The lowest BCUT2D eigenvalue weighted by molar-refractivity contribution is 0.131. The minimum Gasteiger partial charge on any atom is -0.304 e. The molecule has 1 saturated heterocycles. The molecule has 1 aromatic rings. The van der Waals surface area contributed by atoms with Crippen molar-refractivity contribution in [3.8, 4) is 0 Å². The minimum atomic E-state index is -3.57. The van der Waals surface area contributed by atoms with Crippen molar-refractivity contribution in [1.29, 1.82) is 0 Å². The third-order valence-electron chi connectivity index (χ3n) is 5.14. The van der Waals surface area contributed by atoms with E-state index in [1.807, 2.05) is 0 Å². The molecule has 1 heterocycles. The fourth-order valence-corrected chi connectivity index (χ4v) is 4.64. The van der Waals surface area contributed by atoms with Gasteiger partial charge < -0.3 is 9.80 Å². The Bertz CT molecular complexity index is 717. The first-order valence-electron chi connectivity index (χ1n) is 8.59. The van der Waals surface area contributed by atoms with Gasteiger partial charge in [-0.05, 0) is 37.4 Å². The highest BCUT2D eigenvalue weighted by Gasteiger charge is 2.44. The van der Waals surface area contributed by atoms with E-state index in [1.54, 1.807) is 0 Å². The first-order chi connectivity index (χ1) is 11.8. The van der Waals surface area contributed by atoms with Gasteiger partial charge in [0.25, 0.3) is 0 Å². The van der Waals surface area contributed by atoms with Crippen LogP contribution in [0.4, 0.5) is 4.39 Å². The van der Waals surface area contributed by atoms with Crippen LogP contribution in [0.15, 0.2) is 18.2 Å². The molecule has 2 fully saturated rings. The molecular formula is C17H25ClFN3O2S. The molecule has 5 nitrogen and oxygen atoms in total. The van der Waals surface area contributed by atoms with Crippen LogP contribution < -0.4 is 4.72 Å². The van der Waals surface area contributed by atoms with Crippen LogP contribution in [-0.2, 0) is 15.8 Å². The van der Waals surface area contributed by atoms with Gasteiger partial charge in [0.05, 0.1) is 5.75 Å². The summed E-state index contributed by atoms with van der Waals surface area (Å²) < 4.78 is 41.1. The van der Waals surface area contributed by atoms with Crippen LogP contribution in [0.3, 0.4) is 0 Å². The first-order valence-corrected chi connectivity index (χ1v) is 10.6. The molecule has 1 aromatic carbocycles. The fourth-order valence-electron chi connectivity index (χ4n) is 3.21. The van der Waals surface area contributed by atoms with E-state index in [2.05, 4.69) is 21.6 Å². The van der Waals surface area contributed by atoms with Gasteiger partial charge in [0, 0.05) is 49.9 Å². The smallest absolute Gasteiger partial charge is 0.215 e. The molecule has 0 amide bonds. The highest BCUT2D eigenvalue weighted by molar-refractivity contribution is 7.88. The van der Waals surface area contributed by atoms with Gasteiger partial charge in [0.2, 0.25) is 10.0 Å². The van der Waals surface area contributed by atoms with Crippen LogP contribution in [0.1, 0.15) is 18.4 Å². The second kappa shape index (κ2) is 7.48. The minimum absolute atomic E-state index is 0.0432. The van der Waals surface area contributed by atoms with E-state index in [9.17, 15) is 12.8 Å². The van der Waals surface area contributed by atoms with Crippen LogP contribution in [0.2, 0.25) is 5.02 Å². The number of likely N-dealkylation sites (N-methyl/N-ethyl adjacent to an activating group) is 1. The number of piperazine rings is 1. The molecule has 140 valence electrons. The van der Waals surface area contributed by atoms with Gasteiger partial charge in [-0.25, -0.2) is 17.5 Å². The van der Waals surface area contributed by atoms with Crippen LogP contribution in [0.25, 0.3) is 0 Å². The van der Waals surface area contributed by atoms with E-state index in [1.165, 1.54) is 12.1 Å². The predicted octanol–water partition coefficient (Wildman–Crippen LogP) is 1.93. The molecule has 1 aliphatic heterocycles. The Morgan fingerprint density at radius 1 is 1.24 bits per heavy atom. The molecule has 0 radical (unpaired) electrons. The summed E-state index contributed by atoms with van der Waals surface area (Å²) >= 11 is 5.71. The Hall–Kier alpha value is -0.730. The summed E-state index contributed by atoms with van der Waals surface area (Å²) in [4.78, 5) is 4.72. The van der Waals surface area contributed by atoms with Crippen molar-refractivity contribution in [1.82, 2.24) is 14.5 Å². The largest absolute Gasteiger partial charge is 0.304 e. The Balaban J connectivity index is 1.53. The Kier molecular flexibility index (Phi) is 5.70. The van der Waals surface area contributed by atoms with Crippen LogP contribution in [0, 0.1) is 11.2 Å². The van der Waals surface area contributed by atoms with Crippen LogP contribution >= 0.6 is 11.6 Å². The summed E-state index contributed by atoms with van der Waals surface area (Å²) in [6, 6.07) is 4.07. The Labute approximate surface area is 154 Å². The van der Waals surface area contributed by atoms with E-state index < -0.39 is 15.8 Å². The van der Waals surface area contributed by atoms with Gasteiger partial charge in [-0.1, -0.05) is 17.7 Å². The number of hydrogen-bond donors (Lipinski definition) is 1. The van der Waals surface area contributed by atoms with Crippen LogP contribution in [0.5, 0.6) is 0 Å². The molecule has 0 bridgehead atoms. The standard InChI is InChI=1S/C17H25ClFN3O2S/c1-21-6-8-22(9-7-21)13-17(4-5-17)12-20-25(23,24)11-14-2-3-15(18)10-16(14)19/h2-3,10,20H,4-9,11-13H2,1H3. The second-order valence-electron chi connectivity index (χ2n) is 7.40. The number of nitrogens with one attached hydrogen (secondary N) is 1. The summed E-state index contributed by atoms with van der Waals surface area (Å²) in [6.45, 7) is 5.52. The molecule has 1 saturated carbocycles. The molecule has 3 rings (SSSR count). The van der Waals surface area contributed by atoms with Crippen molar-refractivity contribution in [2.45, 2.75) is 18.6 Å². The molecule has 1 aliphatic carbocycles. The zero-order valence-corrected chi connectivity index (χ0v) is 16.0. The maximum Gasteiger partial charge on any atom is 0.215 e. The maximum atomic E-state index is 13.8. The van der Waals surface area contributed by atoms with Crippen molar-refractivity contribution in [2.75, 3.05) is 46.3 Å². The molecule has 1 N–H and O–H groups in total. The van der Waals surface area contributed by atoms with Crippen molar-refractivity contribution in [2.24, 2.45) is 5.41 Å². The molecule has 2 aliphatic rings. The first kappa shape index (κ1) is 19.0. The number of halogens is 2. The van der Waals surface area contributed by atoms with Gasteiger partial charge in [-0.3, -0.25) is 0 Å². The van der Waals surface area contributed by atoms with E-state index in [4.69, 9.17) is 11.6 Å². The summed E-state index contributed by atoms with van der Waals surface area (Å²) in [5.74, 6) is -0.947. The molecule has 0 aromatic heterocycles. The zero-order valence-electron chi connectivity index (χ0n) is 14.5. The lowest BCUT2D eigenvalue weighted by Crippen LogP contribution is -2.48. The van der Waals surface area contributed by atoms with E-state index >= 15 is 0 Å². The summed E-state index contributed by atoms with van der Waals surface area (Å²) in [7, 11) is -1.45. The monoisotopic (exact) mass is 389 g/mol. The van der Waals surface area contributed by atoms with Gasteiger partial charge in [-0.2, -0.15) is 0 Å². The topological polar surface area (TPSA) is 52.6 Å². The third kappa shape index (κ3) is 5.37. The van der Waals surface area contributed by atoms with E-state index in [0.29, 0.717) is 6.54 Å². The summed E-state index contributed by atoms with van der Waals surface area (Å²) in [5, 5.41) is 0.260. The maximum absolute atomic E-state index is 13.8. The number of nitrogens with zero attached hydrogens (tertiary/aromatic N) is 2.